The number of nitrogens with one attached hydrogen (secondary N) is 1. The standard InChI is InChI=1S/C19H32N4O2S.HI/c1-6-25-16-10-15(19(16)8-7-9-19)22-18(20-3)23(4)11-14-12-26-17(21-14)13(2)24-5;/h12-13,15-16H,6-11H2,1-5H3,(H,20,22);1H. The zero-order valence-corrected chi connectivity index (χ0v) is 20.2. The highest BCUT2D eigenvalue weighted by atomic mass is 127. The van der Waals surface area contributed by atoms with Crippen LogP contribution in [0.1, 0.15) is 56.3 Å². The van der Waals surface area contributed by atoms with Gasteiger partial charge in [0.2, 0.25) is 0 Å². The summed E-state index contributed by atoms with van der Waals surface area (Å²) in [5, 5.41) is 6.82. The highest BCUT2D eigenvalue weighted by Gasteiger charge is 2.59. The SMILES string of the molecule is CCOC1CC(NC(=NC)N(C)Cc2csc(C(C)OC)n2)C12CCC2.I. The van der Waals surface area contributed by atoms with Crippen molar-refractivity contribution < 1.29 is 9.47 Å². The van der Waals surface area contributed by atoms with Gasteiger partial charge in [-0.1, -0.05) is 6.42 Å². The number of aliphatic imine (C=N–C) groups is 1. The van der Waals surface area contributed by atoms with Crippen LogP contribution in [0.15, 0.2) is 10.4 Å². The van der Waals surface area contributed by atoms with Crippen molar-refractivity contribution >= 4 is 41.3 Å². The van der Waals surface area contributed by atoms with Crippen LogP contribution in [0.4, 0.5) is 0 Å². The van der Waals surface area contributed by atoms with Crippen molar-refractivity contribution in [3.8, 4) is 0 Å². The van der Waals surface area contributed by atoms with Gasteiger partial charge < -0.3 is 19.7 Å². The summed E-state index contributed by atoms with van der Waals surface area (Å²) in [5.41, 5.74) is 1.38. The molecule has 1 N–H and O–H groups in total. The highest BCUT2D eigenvalue weighted by molar-refractivity contribution is 14.0. The molecule has 6 nitrogen and oxygen atoms in total. The molecule has 1 aromatic heterocycles. The fraction of sp³-hybridized carbons (Fsp3) is 0.789. The summed E-state index contributed by atoms with van der Waals surface area (Å²) in [6.45, 7) is 5.66. The predicted molar refractivity (Wildman–Crippen MR) is 121 cm³/mol. The highest BCUT2D eigenvalue weighted by Crippen LogP contribution is 2.57. The van der Waals surface area contributed by atoms with Crippen LogP contribution in [-0.2, 0) is 16.0 Å². The maximum Gasteiger partial charge on any atom is 0.193 e. The van der Waals surface area contributed by atoms with Gasteiger partial charge in [0, 0.05) is 44.6 Å². The lowest BCUT2D eigenvalue weighted by atomic mass is 9.51. The van der Waals surface area contributed by atoms with Gasteiger partial charge in [-0.15, -0.1) is 35.3 Å². The summed E-state index contributed by atoms with van der Waals surface area (Å²) in [7, 11) is 5.64. The number of hydrogen-bond acceptors (Lipinski definition) is 5. The maximum absolute atomic E-state index is 5.96. The third-order valence-corrected chi connectivity index (χ3v) is 7.04. The van der Waals surface area contributed by atoms with Gasteiger partial charge in [-0.3, -0.25) is 4.99 Å². The molecule has 2 fully saturated rings. The van der Waals surface area contributed by atoms with Gasteiger partial charge in [0.25, 0.3) is 0 Å². The third kappa shape index (κ3) is 4.59. The largest absolute Gasteiger partial charge is 0.378 e. The van der Waals surface area contributed by atoms with E-state index in [1.807, 2.05) is 14.0 Å². The van der Waals surface area contributed by atoms with E-state index in [0.717, 1.165) is 36.2 Å². The van der Waals surface area contributed by atoms with Crippen LogP contribution in [0.5, 0.6) is 0 Å². The Bertz CT molecular complexity index is 635. The molecule has 2 saturated carbocycles. The first-order valence-corrected chi connectivity index (χ1v) is 10.4. The van der Waals surface area contributed by atoms with Crippen molar-refractivity contribution in [2.75, 3.05) is 27.8 Å². The Kier molecular flexibility index (Phi) is 8.33. The molecular weight excluding hydrogens is 475 g/mol. The lowest BCUT2D eigenvalue weighted by Crippen LogP contribution is -2.68. The molecule has 0 saturated heterocycles. The Morgan fingerprint density at radius 3 is 2.81 bits per heavy atom. The molecule has 2 aliphatic carbocycles. The monoisotopic (exact) mass is 508 g/mol. The van der Waals surface area contributed by atoms with Gasteiger partial charge in [0.05, 0.1) is 18.3 Å². The lowest BCUT2D eigenvalue weighted by Gasteiger charge is -2.61. The third-order valence-electron chi connectivity index (χ3n) is 5.98. The number of ether oxygens (including phenoxy) is 2. The minimum atomic E-state index is 0. The van der Waals surface area contributed by atoms with Crippen LogP contribution in [0.3, 0.4) is 0 Å². The summed E-state index contributed by atoms with van der Waals surface area (Å²) < 4.78 is 11.3. The van der Waals surface area contributed by atoms with Crippen molar-refractivity contribution in [2.24, 2.45) is 10.4 Å². The quantitative estimate of drug-likeness (QED) is 0.345. The molecule has 1 spiro atoms. The number of nitrogens with zero attached hydrogens (tertiary/aromatic N) is 3. The minimum Gasteiger partial charge on any atom is -0.378 e. The summed E-state index contributed by atoms with van der Waals surface area (Å²) in [6, 6.07) is 0.466. The smallest absolute Gasteiger partial charge is 0.193 e. The van der Waals surface area contributed by atoms with Gasteiger partial charge in [-0.25, -0.2) is 4.98 Å². The van der Waals surface area contributed by atoms with E-state index in [0.29, 0.717) is 17.6 Å². The van der Waals surface area contributed by atoms with Gasteiger partial charge in [0.1, 0.15) is 11.1 Å². The number of thiazole rings is 1. The molecule has 0 radical (unpaired) electrons. The molecule has 1 aromatic rings. The topological polar surface area (TPSA) is 59.0 Å². The fourth-order valence-electron chi connectivity index (χ4n) is 4.14. The number of rotatable bonds is 7. The second-order valence-electron chi connectivity index (χ2n) is 7.42. The Labute approximate surface area is 184 Å². The van der Waals surface area contributed by atoms with Crippen LogP contribution in [-0.4, -0.2) is 55.8 Å². The average molecular weight is 508 g/mol. The molecule has 27 heavy (non-hydrogen) atoms. The number of halogens is 1. The second kappa shape index (κ2) is 9.84. The van der Waals surface area contributed by atoms with E-state index in [4.69, 9.17) is 14.5 Å². The predicted octanol–water partition coefficient (Wildman–Crippen LogP) is 3.82. The van der Waals surface area contributed by atoms with Crippen LogP contribution < -0.4 is 5.32 Å². The van der Waals surface area contributed by atoms with Crippen LogP contribution >= 0.6 is 35.3 Å². The van der Waals surface area contributed by atoms with Crippen molar-refractivity contribution in [3.05, 3.63) is 16.1 Å². The zero-order chi connectivity index (χ0) is 18.7. The summed E-state index contributed by atoms with van der Waals surface area (Å²) >= 11 is 1.65. The van der Waals surface area contributed by atoms with E-state index in [1.165, 1.54) is 19.3 Å². The molecule has 0 bridgehead atoms. The average Bonchev–Trinajstić information content (AvgIpc) is 3.03. The molecule has 154 valence electrons. The number of aromatic nitrogens is 1. The van der Waals surface area contributed by atoms with E-state index >= 15 is 0 Å². The summed E-state index contributed by atoms with van der Waals surface area (Å²) in [6.07, 6.45) is 5.38. The van der Waals surface area contributed by atoms with E-state index in [-0.39, 0.29) is 30.1 Å². The molecule has 0 aromatic carbocycles. The lowest BCUT2D eigenvalue weighted by molar-refractivity contribution is -0.168. The molecule has 0 amide bonds. The Morgan fingerprint density at radius 2 is 2.26 bits per heavy atom. The first-order chi connectivity index (χ1) is 12.5. The summed E-state index contributed by atoms with van der Waals surface area (Å²) in [5.74, 6) is 0.936. The van der Waals surface area contributed by atoms with Crippen LogP contribution in [0.2, 0.25) is 0 Å². The normalized spacial score (nSPS) is 24.6. The van der Waals surface area contributed by atoms with Crippen molar-refractivity contribution in [2.45, 2.75) is 64.3 Å². The fourth-order valence-corrected chi connectivity index (χ4v) is 4.98. The first-order valence-electron chi connectivity index (χ1n) is 9.57. The number of guanidine groups is 1. The number of hydrogen-bond donors (Lipinski definition) is 1. The molecule has 3 unspecified atom stereocenters. The van der Waals surface area contributed by atoms with Gasteiger partial charge >= 0.3 is 0 Å². The molecule has 3 atom stereocenters. The van der Waals surface area contributed by atoms with E-state index in [2.05, 4.69) is 34.6 Å². The Hall–Kier alpha value is -0.450. The van der Waals surface area contributed by atoms with Crippen LogP contribution in [0.25, 0.3) is 0 Å². The van der Waals surface area contributed by atoms with Crippen molar-refractivity contribution in [1.29, 1.82) is 0 Å². The summed E-state index contributed by atoms with van der Waals surface area (Å²) in [4.78, 5) is 11.3. The molecule has 1 heterocycles. The molecule has 8 heteroatoms. The Morgan fingerprint density at radius 1 is 1.52 bits per heavy atom. The molecular formula is C19H33IN4O2S. The first kappa shape index (κ1) is 22.8. The minimum absolute atomic E-state index is 0. The second-order valence-corrected chi connectivity index (χ2v) is 8.31. The van der Waals surface area contributed by atoms with Crippen LogP contribution in [0, 0.1) is 5.41 Å². The van der Waals surface area contributed by atoms with Gasteiger partial charge in [-0.2, -0.15) is 0 Å². The Balaban J connectivity index is 0.00000261. The molecule has 0 aliphatic heterocycles. The van der Waals surface area contributed by atoms with Gasteiger partial charge in [0.15, 0.2) is 5.96 Å². The van der Waals surface area contributed by atoms with Crippen molar-refractivity contribution in [1.82, 2.24) is 15.2 Å². The molecule has 3 rings (SSSR count). The van der Waals surface area contributed by atoms with E-state index < -0.39 is 0 Å². The maximum atomic E-state index is 5.96. The van der Waals surface area contributed by atoms with E-state index in [1.54, 1.807) is 18.4 Å². The van der Waals surface area contributed by atoms with Crippen molar-refractivity contribution in [3.63, 3.8) is 0 Å². The van der Waals surface area contributed by atoms with Gasteiger partial charge in [-0.05, 0) is 33.1 Å². The zero-order valence-electron chi connectivity index (χ0n) is 17.0. The molecule has 2 aliphatic rings. The van der Waals surface area contributed by atoms with E-state index in [9.17, 15) is 0 Å². The number of methoxy groups -OCH3 is 1.